The maximum atomic E-state index is 11.9. The van der Waals surface area contributed by atoms with Crippen LogP contribution in [0, 0.1) is 5.92 Å². The van der Waals surface area contributed by atoms with E-state index in [1.165, 1.54) is 4.31 Å². The molecule has 0 amide bonds. The van der Waals surface area contributed by atoms with Gasteiger partial charge in [0, 0.05) is 19.8 Å². The molecule has 6 heteroatoms. The second kappa shape index (κ2) is 4.78. The van der Waals surface area contributed by atoms with Gasteiger partial charge in [0.1, 0.15) is 5.03 Å². The van der Waals surface area contributed by atoms with Crippen LogP contribution in [0.3, 0.4) is 0 Å². The molecule has 0 radical (unpaired) electrons. The number of sulfonamides is 1. The number of H-pyrrole nitrogens is 1. The largest absolute Gasteiger partial charge is 0.351 e. The summed E-state index contributed by atoms with van der Waals surface area (Å²) in [6.45, 7) is 2.82. The van der Waals surface area contributed by atoms with Gasteiger partial charge in [0.15, 0.2) is 0 Å². The van der Waals surface area contributed by atoms with Crippen molar-refractivity contribution in [3.8, 4) is 0 Å². The van der Waals surface area contributed by atoms with Crippen LogP contribution in [0.5, 0.6) is 0 Å². The minimum atomic E-state index is -3.38. The van der Waals surface area contributed by atoms with Gasteiger partial charge in [0.2, 0.25) is 0 Å². The zero-order chi connectivity index (χ0) is 11.5. The van der Waals surface area contributed by atoms with Crippen LogP contribution in [0.2, 0.25) is 0 Å². The van der Waals surface area contributed by atoms with Crippen LogP contribution in [0.1, 0.15) is 6.92 Å². The van der Waals surface area contributed by atoms with Gasteiger partial charge in [0.05, 0.1) is 0 Å². The van der Waals surface area contributed by atoms with Crippen molar-refractivity contribution >= 4 is 10.0 Å². The van der Waals surface area contributed by atoms with E-state index in [-0.39, 0.29) is 10.9 Å². The van der Waals surface area contributed by atoms with E-state index in [9.17, 15) is 8.42 Å². The Kier molecular flexibility index (Phi) is 3.90. The minimum absolute atomic E-state index is 0.153. The van der Waals surface area contributed by atoms with E-state index in [0.29, 0.717) is 13.1 Å². The molecule has 3 N–H and O–H groups in total. The number of nitrogens with two attached hydrogens (primary N) is 1. The number of hydrogen-bond acceptors (Lipinski definition) is 3. The summed E-state index contributed by atoms with van der Waals surface area (Å²) in [6, 6.07) is 3.20. The quantitative estimate of drug-likeness (QED) is 0.761. The third kappa shape index (κ3) is 2.80. The van der Waals surface area contributed by atoms with Gasteiger partial charge in [-0.2, -0.15) is 4.31 Å². The number of rotatable bonds is 5. The molecule has 0 bridgehead atoms. The van der Waals surface area contributed by atoms with E-state index in [1.54, 1.807) is 25.4 Å². The molecule has 0 fully saturated rings. The standard InChI is InChI=1S/C9H17N3O2S/c1-8(6-10)7-12(2)15(13,14)9-4-3-5-11-9/h3-5,8,11H,6-7,10H2,1-2H3. The van der Waals surface area contributed by atoms with Crippen LogP contribution in [-0.4, -0.2) is 37.8 Å². The molecule has 1 aromatic rings. The SMILES string of the molecule is CC(CN)CN(C)S(=O)(=O)c1ccc[nH]1. The Morgan fingerprint density at radius 3 is 2.73 bits per heavy atom. The summed E-state index contributed by atoms with van der Waals surface area (Å²) in [4.78, 5) is 2.69. The molecule has 86 valence electrons. The molecule has 0 spiro atoms. The molecule has 5 nitrogen and oxygen atoms in total. The molecule has 1 atom stereocenters. The van der Waals surface area contributed by atoms with Crippen molar-refractivity contribution in [2.24, 2.45) is 11.7 Å². The summed E-state index contributed by atoms with van der Waals surface area (Å²) in [5.74, 6) is 0.153. The molecular formula is C9H17N3O2S. The molecule has 0 saturated heterocycles. The molecule has 1 rings (SSSR count). The highest BCUT2D eigenvalue weighted by atomic mass is 32.2. The van der Waals surface area contributed by atoms with Gasteiger partial charge < -0.3 is 10.7 Å². The minimum Gasteiger partial charge on any atom is -0.351 e. The van der Waals surface area contributed by atoms with Gasteiger partial charge >= 0.3 is 0 Å². The van der Waals surface area contributed by atoms with E-state index in [1.807, 2.05) is 6.92 Å². The first-order valence-electron chi connectivity index (χ1n) is 4.78. The second-order valence-electron chi connectivity index (χ2n) is 3.66. The molecule has 0 aliphatic carbocycles. The maximum Gasteiger partial charge on any atom is 0.258 e. The number of nitrogens with zero attached hydrogens (tertiary/aromatic N) is 1. The molecule has 0 aliphatic rings. The highest BCUT2D eigenvalue weighted by molar-refractivity contribution is 7.89. The fraction of sp³-hybridized carbons (Fsp3) is 0.556. The number of aromatic nitrogens is 1. The van der Waals surface area contributed by atoms with Crippen LogP contribution in [-0.2, 0) is 10.0 Å². The Morgan fingerprint density at radius 1 is 1.60 bits per heavy atom. The predicted molar refractivity (Wildman–Crippen MR) is 58.8 cm³/mol. The summed E-state index contributed by atoms with van der Waals surface area (Å²) >= 11 is 0. The van der Waals surface area contributed by atoms with Gasteiger partial charge in [-0.25, -0.2) is 8.42 Å². The summed E-state index contributed by atoms with van der Waals surface area (Å²) in [6.07, 6.45) is 1.59. The van der Waals surface area contributed by atoms with Gasteiger partial charge in [-0.1, -0.05) is 6.92 Å². The van der Waals surface area contributed by atoms with E-state index in [0.717, 1.165) is 0 Å². The normalized spacial score (nSPS) is 14.4. The topological polar surface area (TPSA) is 79.2 Å². The van der Waals surface area contributed by atoms with Crippen molar-refractivity contribution in [2.75, 3.05) is 20.1 Å². The number of aromatic amines is 1. The van der Waals surface area contributed by atoms with Crippen molar-refractivity contribution in [3.05, 3.63) is 18.3 Å². The molecule has 15 heavy (non-hydrogen) atoms. The van der Waals surface area contributed by atoms with E-state index < -0.39 is 10.0 Å². The molecular weight excluding hydrogens is 214 g/mol. The monoisotopic (exact) mass is 231 g/mol. The first kappa shape index (κ1) is 12.2. The van der Waals surface area contributed by atoms with E-state index in [4.69, 9.17) is 5.73 Å². The smallest absolute Gasteiger partial charge is 0.258 e. The zero-order valence-corrected chi connectivity index (χ0v) is 9.79. The summed E-state index contributed by atoms with van der Waals surface area (Å²) in [7, 11) is -1.82. The average molecular weight is 231 g/mol. The Labute approximate surface area is 90.3 Å². The van der Waals surface area contributed by atoms with Crippen molar-refractivity contribution in [1.29, 1.82) is 0 Å². The van der Waals surface area contributed by atoms with Crippen LogP contribution < -0.4 is 5.73 Å². The van der Waals surface area contributed by atoms with Crippen LogP contribution in [0.15, 0.2) is 23.4 Å². The predicted octanol–water partition coefficient (Wildman–Crippen LogP) is 0.230. The highest BCUT2D eigenvalue weighted by Gasteiger charge is 2.22. The number of hydrogen-bond donors (Lipinski definition) is 2. The summed E-state index contributed by atoms with van der Waals surface area (Å²) in [5, 5.41) is 0.217. The summed E-state index contributed by atoms with van der Waals surface area (Å²) < 4.78 is 25.1. The first-order valence-corrected chi connectivity index (χ1v) is 6.22. The van der Waals surface area contributed by atoms with Crippen LogP contribution in [0.25, 0.3) is 0 Å². The van der Waals surface area contributed by atoms with Gasteiger partial charge in [0.25, 0.3) is 10.0 Å². The fourth-order valence-electron chi connectivity index (χ4n) is 1.25. The molecule has 1 heterocycles. The molecule has 0 saturated carbocycles. The third-order valence-corrected chi connectivity index (χ3v) is 4.01. The third-order valence-electron chi connectivity index (χ3n) is 2.23. The zero-order valence-electron chi connectivity index (χ0n) is 8.97. The van der Waals surface area contributed by atoms with Gasteiger partial charge in [-0.3, -0.25) is 0 Å². The molecule has 0 aromatic carbocycles. The lowest BCUT2D eigenvalue weighted by molar-refractivity contribution is 0.404. The fourth-order valence-corrected chi connectivity index (χ4v) is 2.51. The van der Waals surface area contributed by atoms with Crippen LogP contribution in [0.4, 0.5) is 0 Å². The van der Waals surface area contributed by atoms with Crippen LogP contribution >= 0.6 is 0 Å². The highest BCUT2D eigenvalue weighted by Crippen LogP contribution is 2.12. The average Bonchev–Trinajstić information content (AvgIpc) is 2.70. The van der Waals surface area contributed by atoms with Gasteiger partial charge in [-0.05, 0) is 24.6 Å². The van der Waals surface area contributed by atoms with Crippen molar-refractivity contribution < 1.29 is 8.42 Å². The Bertz CT molecular complexity index is 385. The first-order chi connectivity index (χ1) is 6.98. The molecule has 0 aliphatic heterocycles. The lowest BCUT2D eigenvalue weighted by Gasteiger charge is -2.19. The Morgan fingerprint density at radius 2 is 2.27 bits per heavy atom. The lowest BCUT2D eigenvalue weighted by Crippen LogP contribution is -2.33. The molecule has 1 unspecified atom stereocenters. The Hall–Kier alpha value is -0.850. The summed E-state index contributed by atoms with van der Waals surface area (Å²) in [5.41, 5.74) is 5.45. The van der Waals surface area contributed by atoms with E-state index in [2.05, 4.69) is 4.98 Å². The Balaban J connectivity index is 2.79. The van der Waals surface area contributed by atoms with Crippen molar-refractivity contribution in [3.63, 3.8) is 0 Å². The van der Waals surface area contributed by atoms with Gasteiger partial charge in [-0.15, -0.1) is 0 Å². The van der Waals surface area contributed by atoms with Crippen molar-refractivity contribution in [2.45, 2.75) is 11.9 Å². The van der Waals surface area contributed by atoms with Crippen molar-refractivity contribution in [1.82, 2.24) is 9.29 Å². The molecule has 1 aromatic heterocycles. The lowest BCUT2D eigenvalue weighted by atomic mass is 10.2. The maximum absolute atomic E-state index is 11.9. The van der Waals surface area contributed by atoms with E-state index >= 15 is 0 Å². The second-order valence-corrected chi connectivity index (χ2v) is 5.67. The number of nitrogens with one attached hydrogen (secondary N) is 1.